The molecule has 2 aromatic rings. The first-order valence-electron chi connectivity index (χ1n) is 6.62. The summed E-state index contributed by atoms with van der Waals surface area (Å²) in [6.07, 6.45) is 3.44. The van der Waals surface area contributed by atoms with Crippen LogP contribution in [0.25, 0.3) is 11.3 Å². The lowest BCUT2D eigenvalue weighted by Crippen LogP contribution is -2.41. The number of hydrogen-bond donors (Lipinski definition) is 1. The molecule has 0 spiro atoms. The van der Waals surface area contributed by atoms with Crippen LogP contribution in [0.3, 0.4) is 0 Å². The predicted molar refractivity (Wildman–Crippen MR) is 83.9 cm³/mol. The predicted octanol–water partition coefficient (Wildman–Crippen LogP) is 2.55. The molecule has 0 fully saturated rings. The zero-order valence-electron chi connectivity index (χ0n) is 12.3. The molecule has 110 valence electrons. The van der Waals surface area contributed by atoms with Crippen molar-refractivity contribution in [3.63, 3.8) is 0 Å². The SMILES string of the molecule is CC(C)(C)NC(=O)CSc1ccc(-c2ccncc2)nn1. The Morgan fingerprint density at radius 2 is 1.86 bits per heavy atom. The zero-order chi connectivity index (χ0) is 15.3. The Labute approximate surface area is 128 Å². The lowest BCUT2D eigenvalue weighted by atomic mass is 10.1. The second kappa shape index (κ2) is 6.67. The van der Waals surface area contributed by atoms with Crippen molar-refractivity contribution in [1.82, 2.24) is 20.5 Å². The second-order valence-electron chi connectivity index (χ2n) is 5.58. The van der Waals surface area contributed by atoms with Gasteiger partial charge in [-0.15, -0.1) is 10.2 Å². The van der Waals surface area contributed by atoms with E-state index in [-0.39, 0.29) is 11.4 Å². The van der Waals surface area contributed by atoms with Crippen LogP contribution in [0.2, 0.25) is 0 Å². The summed E-state index contributed by atoms with van der Waals surface area (Å²) < 4.78 is 0. The molecule has 6 heteroatoms. The van der Waals surface area contributed by atoms with E-state index in [1.807, 2.05) is 45.0 Å². The molecular weight excluding hydrogens is 284 g/mol. The van der Waals surface area contributed by atoms with E-state index >= 15 is 0 Å². The van der Waals surface area contributed by atoms with Gasteiger partial charge in [-0.2, -0.15) is 0 Å². The van der Waals surface area contributed by atoms with E-state index in [2.05, 4.69) is 20.5 Å². The highest BCUT2D eigenvalue weighted by Gasteiger charge is 2.14. The van der Waals surface area contributed by atoms with Crippen LogP contribution in [0.1, 0.15) is 20.8 Å². The molecule has 0 saturated carbocycles. The van der Waals surface area contributed by atoms with E-state index in [1.165, 1.54) is 11.8 Å². The Hall–Kier alpha value is -1.95. The largest absolute Gasteiger partial charge is 0.351 e. The number of carbonyl (C=O) groups excluding carboxylic acids is 1. The fraction of sp³-hybridized carbons (Fsp3) is 0.333. The van der Waals surface area contributed by atoms with Crippen LogP contribution >= 0.6 is 11.8 Å². The lowest BCUT2D eigenvalue weighted by Gasteiger charge is -2.20. The average Bonchev–Trinajstić information content (AvgIpc) is 2.45. The molecule has 0 radical (unpaired) electrons. The Bertz CT molecular complexity index is 593. The average molecular weight is 302 g/mol. The molecule has 0 atom stereocenters. The molecule has 2 aromatic heterocycles. The van der Waals surface area contributed by atoms with E-state index < -0.39 is 0 Å². The van der Waals surface area contributed by atoms with Crippen LogP contribution in [-0.2, 0) is 4.79 Å². The normalized spacial score (nSPS) is 11.2. The number of hydrogen-bond acceptors (Lipinski definition) is 5. The number of carbonyl (C=O) groups is 1. The summed E-state index contributed by atoms with van der Waals surface area (Å²) in [5.74, 6) is 0.327. The van der Waals surface area contributed by atoms with Gasteiger partial charge in [0.05, 0.1) is 11.4 Å². The number of rotatable bonds is 4. The number of nitrogens with zero attached hydrogens (tertiary/aromatic N) is 3. The summed E-state index contributed by atoms with van der Waals surface area (Å²) in [6.45, 7) is 5.87. The molecule has 0 aliphatic heterocycles. The zero-order valence-corrected chi connectivity index (χ0v) is 13.1. The van der Waals surface area contributed by atoms with Crippen LogP contribution in [0.5, 0.6) is 0 Å². The fourth-order valence-electron chi connectivity index (χ4n) is 1.67. The Morgan fingerprint density at radius 3 is 2.43 bits per heavy atom. The van der Waals surface area contributed by atoms with E-state index in [4.69, 9.17) is 0 Å². The maximum Gasteiger partial charge on any atom is 0.230 e. The topological polar surface area (TPSA) is 67.8 Å². The van der Waals surface area contributed by atoms with Gasteiger partial charge in [0.15, 0.2) is 0 Å². The van der Waals surface area contributed by atoms with E-state index in [9.17, 15) is 4.79 Å². The molecule has 2 heterocycles. The first-order valence-corrected chi connectivity index (χ1v) is 7.60. The van der Waals surface area contributed by atoms with Gasteiger partial charge in [0.1, 0.15) is 5.03 Å². The van der Waals surface area contributed by atoms with Gasteiger partial charge in [-0.1, -0.05) is 11.8 Å². The number of thioether (sulfide) groups is 1. The molecule has 0 aromatic carbocycles. The van der Waals surface area contributed by atoms with Crippen LogP contribution in [0, 0.1) is 0 Å². The third-order valence-corrected chi connectivity index (χ3v) is 3.40. The smallest absolute Gasteiger partial charge is 0.230 e. The summed E-state index contributed by atoms with van der Waals surface area (Å²) in [5, 5.41) is 12.0. The first kappa shape index (κ1) is 15.4. The monoisotopic (exact) mass is 302 g/mol. The van der Waals surface area contributed by atoms with Gasteiger partial charge in [0, 0.05) is 23.5 Å². The van der Waals surface area contributed by atoms with Crippen LogP contribution in [0.15, 0.2) is 41.7 Å². The maximum atomic E-state index is 11.7. The van der Waals surface area contributed by atoms with Gasteiger partial charge in [0.2, 0.25) is 5.91 Å². The number of pyridine rings is 1. The second-order valence-corrected chi connectivity index (χ2v) is 6.58. The summed E-state index contributed by atoms with van der Waals surface area (Å²) in [6, 6.07) is 7.53. The molecule has 0 saturated heterocycles. The van der Waals surface area contributed by atoms with Crippen molar-refractivity contribution >= 4 is 17.7 Å². The Balaban J connectivity index is 1.93. The Kier molecular flexibility index (Phi) is 4.90. The van der Waals surface area contributed by atoms with Gasteiger partial charge >= 0.3 is 0 Å². The molecule has 2 rings (SSSR count). The van der Waals surface area contributed by atoms with Crippen LogP contribution in [0.4, 0.5) is 0 Å². The molecule has 0 aliphatic rings. The van der Waals surface area contributed by atoms with Crippen molar-refractivity contribution in [2.45, 2.75) is 31.3 Å². The van der Waals surface area contributed by atoms with Crippen molar-refractivity contribution in [2.24, 2.45) is 0 Å². The lowest BCUT2D eigenvalue weighted by molar-refractivity contribution is -0.119. The molecule has 1 N–H and O–H groups in total. The van der Waals surface area contributed by atoms with E-state index in [0.717, 1.165) is 16.3 Å². The highest BCUT2D eigenvalue weighted by molar-refractivity contribution is 7.99. The minimum Gasteiger partial charge on any atom is -0.351 e. The molecule has 0 aliphatic carbocycles. The molecule has 5 nitrogen and oxygen atoms in total. The van der Waals surface area contributed by atoms with Gasteiger partial charge < -0.3 is 5.32 Å². The summed E-state index contributed by atoms with van der Waals surface area (Å²) in [4.78, 5) is 15.7. The third kappa shape index (κ3) is 5.15. The highest BCUT2D eigenvalue weighted by atomic mass is 32.2. The molecular formula is C15H18N4OS. The van der Waals surface area contributed by atoms with Gasteiger partial charge in [-0.3, -0.25) is 9.78 Å². The number of aromatic nitrogens is 3. The van der Waals surface area contributed by atoms with Crippen molar-refractivity contribution in [3.8, 4) is 11.3 Å². The maximum absolute atomic E-state index is 11.7. The summed E-state index contributed by atoms with van der Waals surface area (Å²) in [7, 11) is 0. The van der Waals surface area contributed by atoms with Crippen LogP contribution in [-0.4, -0.2) is 32.4 Å². The fourth-order valence-corrected chi connectivity index (χ4v) is 2.28. The van der Waals surface area contributed by atoms with Gasteiger partial charge in [-0.25, -0.2) is 0 Å². The molecule has 0 unspecified atom stereocenters. The highest BCUT2D eigenvalue weighted by Crippen LogP contribution is 2.19. The number of nitrogens with one attached hydrogen (secondary N) is 1. The number of amides is 1. The van der Waals surface area contributed by atoms with Crippen molar-refractivity contribution < 1.29 is 4.79 Å². The standard InChI is InChI=1S/C15H18N4OS/c1-15(2,3)17-13(20)10-21-14-5-4-12(18-19-14)11-6-8-16-9-7-11/h4-9H,10H2,1-3H3,(H,17,20). The molecule has 1 amide bonds. The Morgan fingerprint density at radius 1 is 1.14 bits per heavy atom. The van der Waals surface area contributed by atoms with Crippen molar-refractivity contribution in [3.05, 3.63) is 36.7 Å². The van der Waals surface area contributed by atoms with Crippen molar-refractivity contribution in [2.75, 3.05) is 5.75 Å². The van der Waals surface area contributed by atoms with E-state index in [0.29, 0.717) is 5.75 Å². The van der Waals surface area contributed by atoms with Crippen LogP contribution < -0.4 is 5.32 Å². The summed E-state index contributed by atoms with van der Waals surface area (Å²) in [5.41, 5.74) is 1.55. The molecule has 21 heavy (non-hydrogen) atoms. The minimum atomic E-state index is -0.214. The first-order chi connectivity index (χ1) is 9.94. The van der Waals surface area contributed by atoms with E-state index in [1.54, 1.807) is 12.4 Å². The van der Waals surface area contributed by atoms with Crippen molar-refractivity contribution in [1.29, 1.82) is 0 Å². The van der Waals surface area contributed by atoms with Gasteiger partial charge in [0.25, 0.3) is 0 Å². The van der Waals surface area contributed by atoms with Gasteiger partial charge in [-0.05, 0) is 45.0 Å². The quantitative estimate of drug-likeness (QED) is 0.879. The minimum absolute atomic E-state index is 0.00693. The third-order valence-electron chi connectivity index (χ3n) is 2.48. The summed E-state index contributed by atoms with van der Waals surface area (Å²) >= 11 is 1.38. The molecule has 0 bridgehead atoms.